The first kappa shape index (κ1) is 15.0. The third kappa shape index (κ3) is 5.08. The number of rotatable bonds is 6. The Kier molecular flexibility index (Phi) is 5.66. The Balaban J connectivity index is 2.57. The molecule has 102 valence electrons. The van der Waals surface area contributed by atoms with Gasteiger partial charge in [-0.25, -0.2) is 0 Å². The second-order valence-electron chi connectivity index (χ2n) is 5.10. The van der Waals surface area contributed by atoms with E-state index in [9.17, 15) is 9.59 Å². The predicted octanol–water partition coefficient (Wildman–Crippen LogP) is 2.67. The lowest BCUT2D eigenvalue weighted by Crippen LogP contribution is -2.35. The molecule has 0 aromatic carbocycles. The van der Waals surface area contributed by atoms with Gasteiger partial charge in [-0.1, -0.05) is 37.4 Å². The van der Waals surface area contributed by atoms with E-state index in [1.165, 1.54) is 0 Å². The summed E-state index contributed by atoms with van der Waals surface area (Å²) in [5, 5.41) is 12.0. The molecule has 2 N–H and O–H groups in total. The SMILES string of the molecule is C=C(Cl)CNC(=O)CC1(CC(=O)O)CCCCC1. The molecule has 0 atom stereocenters. The summed E-state index contributed by atoms with van der Waals surface area (Å²) in [6.45, 7) is 3.74. The normalized spacial score (nSPS) is 18.1. The molecule has 1 fully saturated rings. The first-order valence-corrected chi connectivity index (χ1v) is 6.63. The Hall–Kier alpha value is -1.03. The smallest absolute Gasteiger partial charge is 0.303 e. The Bertz CT molecular complexity index is 335. The lowest BCUT2D eigenvalue weighted by Gasteiger charge is -2.35. The van der Waals surface area contributed by atoms with Crippen LogP contribution in [0.25, 0.3) is 0 Å². The maximum Gasteiger partial charge on any atom is 0.303 e. The molecule has 0 aromatic heterocycles. The van der Waals surface area contributed by atoms with Crippen molar-refractivity contribution in [3.8, 4) is 0 Å². The van der Waals surface area contributed by atoms with Crippen molar-refractivity contribution in [1.29, 1.82) is 0 Å². The van der Waals surface area contributed by atoms with Crippen LogP contribution in [0.5, 0.6) is 0 Å². The van der Waals surface area contributed by atoms with Crippen LogP contribution in [0.1, 0.15) is 44.9 Å². The molecule has 1 aliphatic carbocycles. The van der Waals surface area contributed by atoms with E-state index in [1.54, 1.807) is 0 Å². The number of hydrogen-bond donors (Lipinski definition) is 2. The number of amides is 1. The average Bonchev–Trinajstić information content (AvgIpc) is 2.26. The molecular formula is C13H20ClNO3. The first-order valence-electron chi connectivity index (χ1n) is 6.25. The molecule has 0 aromatic rings. The third-order valence-corrected chi connectivity index (χ3v) is 3.59. The monoisotopic (exact) mass is 273 g/mol. The van der Waals surface area contributed by atoms with Crippen LogP contribution in [-0.2, 0) is 9.59 Å². The van der Waals surface area contributed by atoms with E-state index in [-0.39, 0.29) is 30.7 Å². The van der Waals surface area contributed by atoms with Gasteiger partial charge in [-0.15, -0.1) is 0 Å². The molecule has 0 heterocycles. The quantitative estimate of drug-likeness (QED) is 0.782. The van der Waals surface area contributed by atoms with Crippen molar-refractivity contribution in [2.75, 3.05) is 6.54 Å². The molecule has 1 rings (SSSR count). The topological polar surface area (TPSA) is 66.4 Å². The van der Waals surface area contributed by atoms with E-state index in [0.717, 1.165) is 32.1 Å². The number of carbonyl (C=O) groups excluding carboxylic acids is 1. The molecule has 0 unspecified atom stereocenters. The number of carboxylic acids is 1. The molecular weight excluding hydrogens is 254 g/mol. The van der Waals surface area contributed by atoms with Crippen molar-refractivity contribution in [2.24, 2.45) is 5.41 Å². The number of halogens is 1. The minimum absolute atomic E-state index is 0.0717. The maximum atomic E-state index is 11.8. The molecule has 18 heavy (non-hydrogen) atoms. The molecule has 1 saturated carbocycles. The van der Waals surface area contributed by atoms with E-state index >= 15 is 0 Å². The Labute approximate surface area is 112 Å². The van der Waals surface area contributed by atoms with Crippen molar-refractivity contribution in [2.45, 2.75) is 44.9 Å². The molecule has 0 saturated heterocycles. The standard InChI is InChI=1S/C13H20ClNO3/c1-10(14)9-15-11(16)7-13(8-12(17)18)5-3-2-4-6-13/h1-9H2,(H,15,16)(H,17,18). The van der Waals surface area contributed by atoms with Gasteiger partial charge in [-0.3, -0.25) is 9.59 Å². The van der Waals surface area contributed by atoms with Crippen molar-refractivity contribution in [3.05, 3.63) is 11.6 Å². The fraction of sp³-hybridized carbons (Fsp3) is 0.692. The maximum absolute atomic E-state index is 11.8. The van der Waals surface area contributed by atoms with Gasteiger partial charge in [0.15, 0.2) is 0 Å². The Morgan fingerprint density at radius 2 is 1.83 bits per heavy atom. The second-order valence-corrected chi connectivity index (χ2v) is 5.64. The van der Waals surface area contributed by atoms with E-state index in [2.05, 4.69) is 11.9 Å². The van der Waals surface area contributed by atoms with Crippen LogP contribution in [0.2, 0.25) is 0 Å². The van der Waals surface area contributed by atoms with E-state index in [0.29, 0.717) is 5.03 Å². The molecule has 1 amide bonds. The summed E-state index contributed by atoms with van der Waals surface area (Å²) in [5.74, 6) is -0.966. The van der Waals surface area contributed by atoms with Gasteiger partial charge in [0.1, 0.15) is 0 Å². The largest absolute Gasteiger partial charge is 0.481 e. The zero-order valence-electron chi connectivity index (χ0n) is 10.5. The summed E-state index contributed by atoms with van der Waals surface area (Å²) in [4.78, 5) is 22.8. The van der Waals surface area contributed by atoms with Crippen LogP contribution in [-0.4, -0.2) is 23.5 Å². The van der Waals surface area contributed by atoms with Gasteiger partial charge in [0.2, 0.25) is 5.91 Å². The zero-order valence-corrected chi connectivity index (χ0v) is 11.3. The van der Waals surface area contributed by atoms with E-state index in [4.69, 9.17) is 16.7 Å². The average molecular weight is 274 g/mol. The van der Waals surface area contributed by atoms with Gasteiger partial charge in [0, 0.05) is 11.5 Å². The highest BCUT2D eigenvalue weighted by atomic mass is 35.5. The second kappa shape index (κ2) is 6.78. The Morgan fingerprint density at radius 3 is 2.33 bits per heavy atom. The Morgan fingerprint density at radius 1 is 1.22 bits per heavy atom. The lowest BCUT2D eigenvalue weighted by molar-refractivity contribution is -0.141. The van der Waals surface area contributed by atoms with Crippen molar-refractivity contribution in [1.82, 2.24) is 5.32 Å². The molecule has 1 aliphatic rings. The first-order chi connectivity index (χ1) is 8.43. The van der Waals surface area contributed by atoms with Crippen LogP contribution < -0.4 is 5.32 Å². The van der Waals surface area contributed by atoms with Crippen LogP contribution in [0.3, 0.4) is 0 Å². The highest BCUT2D eigenvalue weighted by Crippen LogP contribution is 2.42. The summed E-state index contributed by atoms with van der Waals surface area (Å²) in [7, 11) is 0. The summed E-state index contributed by atoms with van der Waals surface area (Å²) in [5.41, 5.74) is -0.373. The highest BCUT2D eigenvalue weighted by Gasteiger charge is 2.36. The van der Waals surface area contributed by atoms with Crippen LogP contribution in [0, 0.1) is 5.41 Å². The molecule has 0 aliphatic heterocycles. The van der Waals surface area contributed by atoms with Gasteiger partial charge in [-0.05, 0) is 18.3 Å². The zero-order chi connectivity index (χ0) is 13.6. The van der Waals surface area contributed by atoms with Gasteiger partial charge in [0.25, 0.3) is 0 Å². The van der Waals surface area contributed by atoms with Gasteiger partial charge in [-0.2, -0.15) is 0 Å². The van der Waals surface area contributed by atoms with E-state index in [1.807, 2.05) is 0 Å². The molecule has 0 spiro atoms. The number of hydrogen-bond acceptors (Lipinski definition) is 2. The van der Waals surface area contributed by atoms with Gasteiger partial charge < -0.3 is 10.4 Å². The highest BCUT2D eigenvalue weighted by molar-refractivity contribution is 6.29. The van der Waals surface area contributed by atoms with Crippen LogP contribution >= 0.6 is 11.6 Å². The third-order valence-electron chi connectivity index (χ3n) is 3.45. The number of carboxylic acid groups (broad SMARTS) is 1. The summed E-state index contributed by atoms with van der Waals surface area (Å²) in [6.07, 6.45) is 5.10. The van der Waals surface area contributed by atoms with Crippen LogP contribution in [0.4, 0.5) is 0 Å². The minimum Gasteiger partial charge on any atom is -0.481 e. The number of aliphatic carboxylic acids is 1. The fourth-order valence-electron chi connectivity index (χ4n) is 2.64. The predicted molar refractivity (Wildman–Crippen MR) is 70.4 cm³/mol. The van der Waals surface area contributed by atoms with Crippen molar-refractivity contribution in [3.63, 3.8) is 0 Å². The lowest BCUT2D eigenvalue weighted by atomic mass is 9.69. The van der Waals surface area contributed by atoms with E-state index < -0.39 is 5.97 Å². The van der Waals surface area contributed by atoms with Gasteiger partial charge >= 0.3 is 5.97 Å². The fourth-order valence-corrected chi connectivity index (χ4v) is 2.70. The summed E-state index contributed by atoms with van der Waals surface area (Å²) < 4.78 is 0. The minimum atomic E-state index is -0.827. The summed E-state index contributed by atoms with van der Waals surface area (Å²) >= 11 is 5.58. The molecule has 0 radical (unpaired) electrons. The number of carbonyl (C=O) groups is 2. The molecule has 0 bridgehead atoms. The molecule has 5 heteroatoms. The van der Waals surface area contributed by atoms with Crippen LogP contribution in [0.15, 0.2) is 11.6 Å². The van der Waals surface area contributed by atoms with Gasteiger partial charge in [0.05, 0.1) is 13.0 Å². The number of nitrogens with one attached hydrogen (secondary N) is 1. The summed E-state index contributed by atoms with van der Waals surface area (Å²) in [6, 6.07) is 0. The van der Waals surface area contributed by atoms with Crippen molar-refractivity contribution >= 4 is 23.5 Å². The molecule has 4 nitrogen and oxygen atoms in total. The van der Waals surface area contributed by atoms with Crippen molar-refractivity contribution < 1.29 is 14.7 Å².